The van der Waals surface area contributed by atoms with E-state index in [9.17, 15) is 8.78 Å². The van der Waals surface area contributed by atoms with Crippen LogP contribution in [0.1, 0.15) is 0 Å². The molecule has 2 fully saturated rings. The summed E-state index contributed by atoms with van der Waals surface area (Å²) in [7, 11) is 0. The van der Waals surface area contributed by atoms with Gasteiger partial charge in [-0.25, -0.2) is 18.7 Å². The zero-order chi connectivity index (χ0) is 20.1. The molecule has 2 aromatic rings. The van der Waals surface area contributed by atoms with E-state index in [1.165, 1.54) is 6.33 Å². The maximum atomic E-state index is 12.5. The van der Waals surface area contributed by atoms with Gasteiger partial charge < -0.3 is 19.1 Å². The second-order valence-electron chi connectivity index (χ2n) is 7.39. The van der Waals surface area contributed by atoms with E-state index in [1.807, 2.05) is 18.2 Å². The van der Waals surface area contributed by atoms with Crippen molar-refractivity contribution >= 4 is 16.6 Å². The first-order chi connectivity index (χ1) is 14.2. The van der Waals surface area contributed by atoms with Crippen molar-refractivity contribution in [2.45, 2.75) is 6.43 Å². The van der Waals surface area contributed by atoms with Gasteiger partial charge in [0.1, 0.15) is 6.33 Å². The molecule has 158 valence electrons. The Kier molecular flexibility index (Phi) is 6.68. The van der Waals surface area contributed by atoms with Crippen LogP contribution in [-0.2, 0) is 9.47 Å². The molecule has 0 amide bonds. The molecule has 0 spiro atoms. The predicted molar refractivity (Wildman–Crippen MR) is 105 cm³/mol. The fourth-order valence-electron chi connectivity index (χ4n) is 3.80. The molecule has 7 nitrogen and oxygen atoms in total. The van der Waals surface area contributed by atoms with Crippen molar-refractivity contribution in [1.29, 1.82) is 0 Å². The highest BCUT2D eigenvalue weighted by Crippen LogP contribution is 2.27. The molecule has 2 saturated heterocycles. The Hall–Kier alpha value is -2.10. The number of rotatable bonds is 6. The number of piperazine rings is 1. The van der Waals surface area contributed by atoms with Crippen molar-refractivity contribution in [2.24, 2.45) is 5.92 Å². The number of nitrogens with zero attached hydrogens (tertiary/aromatic N) is 4. The van der Waals surface area contributed by atoms with Gasteiger partial charge in [0, 0.05) is 44.3 Å². The minimum absolute atomic E-state index is 0.198. The van der Waals surface area contributed by atoms with Gasteiger partial charge in [-0.1, -0.05) is 0 Å². The molecule has 1 aromatic heterocycles. The third-order valence-corrected chi connectivity index (χ3v) is 5.26. The zero-order valence-corrected chi connectivity index (χ0v) is 16.3. The van der Waals surface area contributed by atoms with Gasteiger partial charge in [0.25, 0.3) is 6.43 Å². The molecule has 0 atom stereocenters. The number of benzene rings is 1. The Labute approximate surface area is 168 Å². The van der Waals surface area contributed by atoms with Gasteiger partial charge in [-0.2, -0.15) is 0 Å². The Bertz CT molecular complexity index is 794. The van der Waals surface area contributed by atoms with Gasteiger partial charge >= 0.3 is 0 Å². The van der Waals surface area contributed by atoms with E-state index < -0.39 is 13.0 Å². The molecule has 0 unspecified atom stereocenters. The van der Waals surface area contributed by atoms with Gasteiger partial charge in [-0.05, 0) is 18.2 Å². The summed E-state index contributed by atoms with van der Waals surface area (Å²) in [6.45, 7) is 6.86. The molecule has 0 saturated carbocycles. The molecular formula is C20H26F2N4O3. The molecule has 0 radical (unpaired) electrons. The third kappa shape index (κ3) is 5.29. The van der Waals surface area contributed by atoms with E-state index in [4.69, 9.17) is 14.2 Å². The Morgan fingerprint density at radius 2 is 1.83 bits per heavy atom. The third-order valence-electron chi connectivity index (χ3n) is 5.26. The van der Waals surface area contributed by atoms with Crippen LogP contribution in [0.25, 0.3) is 10.9 Å². The summed E-state index contributed by atoms with van der Waals surface area (Å²) in [6.07, 6.45) is -1.21. The average Bonchev–Trinajstić information content (AvgIpc) is 3.01. The second-order valence-corrected chi connectivity index (χ2v) is 7.39. The smallest absolute Gasteiger partial charge is 0.272 e. The molecule has 2 aliphatic rings. The maximum absolute atomic E-state index is 12.5. The number of ether oxygens (including phenoxy) is 3. The molecule has 3 heterocycles. The summed E-state index contributed by atoms with van der Waals surface area (Å²) >= 11 is 0. The summed E-state index contributed by atoms with van der Waals surface area (Å²) < 4.78 is 41.4. The monoisotopic (exact) mass is 408 g/mol. The highest BCUT2D eigenvalue weighted by molar-refractivity contribution is 5.86. The van der Waals surface area contributed by atoms with E-state index in [0.29, 0.717) is 30.0 Å². The van der Waals surface area contributed by atoms with Crippen LogP contribution in [0.15, 0.2) is 24.5 Å². The first-order valence-corrected chi connectivity index (χ1v) is 9.97. The van der Waals surface area contributed by atoms with Crippen molar-refractivity contribution in [2.75, 3.05) is 70.7 Å². The molecule has 0 bridgehead atoms. The lowest BCUT2D eigenvalue weighted by atomic mass is 10.1. The highest BCUT2D eigenvalue weighted by Gasteiger charge is 2.22. The van der Waals surface area contributed by atoms with Crippen molar-refractivity contribution in [1.82, 2.24) is 14.9 Å². The van der Waals surface area contributed by atoms with Gasteiger partial charge in [-0.15, -0.1) is 0 Å². The molecule has 4 rings (SSSR count). The minimum atomic E-state index is -2.54. The zero-order valence-electron chi connectivity index (χ0n) is 16.3. The van der Waals surface area contributed by atoms with E-state index in [0.717, 1.165) is 51.6 Å². The molecule has 0 N–H and O–H groups in total. The minimum Gasteiger partial charge on any atom is -0.471 e. The fourth-order valence-corrected chi connectivity index (χ4v) is 3.80. The highest BCUT2D eigenvalue weighted by atomic mass is 19.3. The van der Waals surface area contributed by atoms with Crippen LogP contribution >= 0.6 is 0 Å². The number of aromatic nitrogens is 2. The maximum Gasteiger partial charge on any atom is 0.272 e. The topological polar surface area (TPSA) is 60.0 Å². The van der Waals surface area contributed by atoms with Crippen LogP contribution in [-0.4, -0.2) is 87.1 Å². The van der Waals surface area contributed by atoms with Crippen LogP contribution in [0.5, 0.6) is 5.88 Å². The lowest BCUT2D eigenvalue weighted by Gasteiger charge is -2.37. The first-order valence-electron chi connectivity index (χ1n) is 9.97. The Balaban J connectivity index is 1.39. The van der Waals surface area contributed by atoms with Crippen molar-refractivity contribution < 1.29 is 23.0 Å². The molecule has 1 aromatic carbocycles. The van der Waals surface area contributed by atoms with Gasteiger partial charge in [-0.3, -0.25) is 4.90 Å². The SMILES string of the molecule is FC(F)COc1ncnc2ccc(N3CCN(CC4COCCOC4)CC3)cc12. The second kappa shape index (κ2) is 9.60. The van der Waals surface area contributed by atoms with Crippen LogP contribution < -0.4 is 9.64 Å². The average molecular weight is 408 g/mol. The van der Waals surface area contributed by atoms with Crippen LogP contribution in [0.2, 0.25) is 0 Å². The molecule has 0 aliphatic carbocycles. The number of alkyl halides is 2. The fraction of sp³-hybridized carbons (Fsp3) is 0.600. The van der Waals surface area contributed by atoms with Gasteiger partial charge in [0.05, 0.1) is 37.3 Å². The normalized spacial score (nSPS) is 19.6. The lowest BCUT2D eigenvalue weighted by Crippen LogP contribution is -2.48. The summed E-state index contributed by atoms with van der Waals surface area (Å²) in [5.74, 6) is 0.612. The first kappa shape index (κ1) is 20.2. The van der Waals surface area contributed by atoms with Gasteiger partial charge in [0.2, 0.25) is 5.88 Å². The Morgan fingerprint density at radius 1 is 1.07 bits per heavy atom. The van der Waals surface area contributed by atoms with Crippen LogP contribution in [0.4, 0.5) is 14.5 Å². The van der Waals surface area contributed by atoms with Crippen molar-refractivity contribution in [3.63, 3.8) is 0 Å². The molecule has 29 heavy (non-hydrogen) atoms. The lowest BCUT2D eigenvalue weighted by molar-refractivity contribution is 0.0804. The largest absolute Gasteiger partial charge is 0.471 e. The van der Waals surface area contributed by atoms with Crippen molar-refractivity contribution in [3.8, 4) is 5.88 Å². The van der Waals surface area contributed by atoms with E-state index in [1.54, 1.807) is 0 Å². The van der Waals surface area contributed by atoms with Crippen molar-refractivity contribution in [3.05, 3.63) is 24.5 Å². The number of hydrogen-bond donors (Lipinski definition) is 0. The van der Waals surface area contributed by atoms with E-state index in [-0.39, 0.29) is 5.88 Å². The Morgan fingerprint density at radius 3 is 2.55 bits per heavy atom. The summed E-state index contributed by atoms with van der Waals surface area (Å²) in [4.78, 5) is 13.0. The van der Waals surface area contributed by atoms with Crippen LogP contribution in [0.3, 0.4) is 0 Å². The standard InChI is InChI=1S/C20H26F2N4O3/c21-19(22)13-29-20-17-9-16(1-2-18(17)23-14-24-20)26-5-3-25(4-6-26)10-15-11-27-7-8-28-12-15/h1-2,9,14-15,19H,3-8,10-13H2. The number of halogens is 2. The molecular weight excluding hydrogens is 382 g/mol. The van der Waals surface area contributed by atoms with E-state index in [2.05, 4.69) is 19.8 Å². The van der Waals surface area contributed by atoms with Gasteiger partial charge in [0.15, 0.2) is 6.61 Å². The van der Waals surface area contributed by atoms with E-state index >= 15 is 0 Å². The number of anilines is 1. The molecule has 9 heteroatoms. The number of fused-ring (bicyclic) bond motifs is 1. The molecule has 2 aliphatic heterocycles. The van der Waals surface area contributed by atoms with Crippen LogP contribution in [0, 0.1) is 5.92 Å². The summed E-state index contributed by atoms with van der Waals surface area (Å²) in [5.41, 5.74) is 1.70. The quantitative estimate of drug-likeness (QED) is 0.725. The number of hydrogen-bond acceptors (Lipinski definition) is 7. The predicted octanol–water partition coefficient (Wildman–Crippen LogP) is 2.06. The summed E-state index contributed by atoms with van der Waals surface area (Å²) in [6, 6.07) is 5.82. The summed E-state index contributed by atoms with van der Waals surface area (Å²) in [5, 5.41) is 0.654.